The number of benzene rings is 2. The van der Waals surface area contributed by atoms with Gasteiger partial charge in [0.25, 0.3) is 5.56 Å². The van der Waals surface area contributed by atoms with Crippen LogP contribution in [0.1, 0.15) is 48.0 Å². The maximum Gasteiger partial charge on any atom is 0.262 e. The van der Waals surface area contributed by atoms with Gasteiger partial charge in [0.05, 0.1) is 10.9 Å². The summed E-state index contributed by atoms with van der Waals surface area (Å²) >= 11 is 0. The smallest absolute Gasteiger partial charge is 0.262 e. The van der Waals surface area contributed by atoms with E-state index in [0.29, 0.717) is 10.9 Å². The Morgan fingerprint density at radius 2 is 1.68 bits per heavy atom. The second-order valence-electron chi connectivity index (χ2n) is 12.0. The largest absolute Gasteiger partial charge is 0.370 e. The van der Waals surface area contributed by atoms with Gasteiger partial charge in [0.2, 0.25) is 5.91 Å². The standard InChI is InChI=1S/C29H37F2N5O2/c1-28(2,3)33-25(37)18-36-26(19-8-10-22(30)23(31)16-19)32-24-11-9-20(17-21(24)27(36)38)34-12-7-13-35(15-14-34)29(4,5)6/h8-11,16-17H,7,12-15,18H2,1-6H3,(H,33,37). The molecule has 4 rings (SSSR count). The van der Waals surface area contributed by atoms with Crippen molar-refractivity contribution in [1.29, 1.82) is 0 Å². The van der Waals surface area contributed by atoms with Crippen LogP contribution >= 0.6 is 0 Å². The van der Waals surface area contributed by atoms with Gasteiger partial charge in [-0.15, -0.1) is 0 Å². The second-order valence-corrected chi connectivity index (χ2v) is 12.0. The summed E-state index contributed by atoms with van der Waals surface area (Å²) in [6.45, 7) is 15.5. The number of anilines is 1. The molecule has 0 aliphatic carbocycles. The average Bonchev–Trinajstić information content (AvgIpc) is 3.08. The Morgan fingerprint density at radius 3 is 2.34 bits per heavy atom. The number of halogens is 2. The number of nitrogens with zero attached hydrogens (tertiary/aromatic N) is 4. The van der Waals surface area contributed by atoms with Gasteiger partial charge in [-0.3, -0.25) is 19.1 Å². The molecule has 9 heteroatoms. The van der Waals surface area contributed by atoms with Crippen molar-refractivity contribution in [2.45, 2.75) is 65.6 Å². The van der Waals surface area contributed by atoms with E-state index in [1.807, 2.05) is 32.9 Å². The molecule has 7 nitrogen and oxygen atoms in total. The molecular formula is C29H37F2N5O2. The van der Waals surface area contributed by atoms with Crippen molar-refractivity contribution in [2.24, 2.45) is 0 Å². The Balaban J connectivity index is 1.78. The molecule has 0 atom stereocenters. The maximum atomic E-state index is 14.1. The summed E-state index contributed by atoms with van der Waals surface area (Å²) in [7, 11) is 0. The highest BCUT2D eigenvalue weighted by molar-refractivity contribution is 5.84. The molecule has 204 valence electrons. The maximum absolute atomic E-state index is 14.1. The molecule has 1 amide bonds. The molecule has 3 aromatic rings. The van der Waals surface area contributed by atoms with Crippen molar-refractivity contribution in [3.05, 3.63) is 58.4 Å². The van der Waals surface area contributed by atoms with Crippen LogP contribution in [-0.2, 0) is 11.3 Å². The Morgan fingerprint density at radius 1 is 0.947 bits per heavy atom. The summed E-state index contributed by atoms with van der Waals surface area (Å²) in [6.07, 6.45) is 1.000. The predicted molar refractivity (Wildman–Crippen MR) is 147 cm³/mol. The fourth-order valence-corrected chi connectivity index (χ4v) is 4.86. The molecule has 1 N–H and O–H groups in total. The molecule has 0 radical (unpaired) electrons. The highest BCUT2D eigenvalue weighted by Gasteiger charge is 2.25. The molecule has 38 heavy (non-hydrogen) atoms. The zero-order valence-electron chi connectivity index (χ0n) is 23.1. The predicted octanol–water partition coefficient (Wildman–Crippen LogP) is 4.57. The molecule has 2 aromatic carbocycles. The average molecular weight is 526 g/mol. The van der Waals surface area contributed by atoms with Crippen molar-refractivity contribution in [1.82, 2.24) is 19.8 Å². The highest BCUT2D eigenvalue weighted by atomic mass is 19.2. The van der Waals surface area contributed by atoms with Crippen molar-refractivity contribution in [3.63, 3.8) is 0 Å². The Labute approximate surface area is 222 Å². The summed E-state index contributed by atoms with van der Waals surface area (Å²) in [4.78, 5) is 36.0. The second kappa shape index (κ2) is 10.4. The van der Waals surface area contributed by atoms with Gasteiger partial charge in [-0.25, -0.2) is 13.8 Å². The number of rotatable bonds is 4. The lowest BCUT2D eigenvalue weighted by Gasteiger charge is -2.34. The van der Waals surface area contributed by atoms with E-state index in [0.717, 1.165) is 50.4 Å². The van der Waals surface area contributed by atoms with E-state index < -0.39 is 22.7 Å². The molecule has 0 unspecified atom stereocenters. The van der Waals surface area contributed by atoms with Crippen LogP contribution in [0.4, 0.5) is 14.5 Å². The van der Waals surface area contributed by atoms with Gasteiger partial charge in [-0.05, 0) is 84.4 Å². The minimum Gasteiger partial charge on any atom is -0.370 e. The molecule has 0 spiro atoms. The van der Waals surface area contributed by atoms with Crippen molar-refractivity contribution < 1.29 is 13.6 Å². The van der Waals surface area contributed by atoms with E-state index in [1.165, 1.54) is 10.6 Å². The van der Waals surface area contributed by atoms with E-state index >= 15 is 0 Å². The third-order valence-electron chi connectivity index (χ3n) is 6.74. The van der Waals surface area contributed by atoms with Gasteiger partial charge in [-0.1, -0.05) is 0 Å². The number of nitrogens with one attached hydrogen (secondary N) is 1. The number of amides is 1. The van der Waals surface area contributed by atoms with E-state index in [9.17, 15) is 18.4 Å². The summed E-state index contributed by atoms with van der Waals surface area (Å²) in [5, 5.41) is 3.22. The van der Waals surface area contributed by atoms with Crippen molar-refractivity contribution in [3.8, 4) is 11.4 Å². The number of carbonyl (C=O) groups excluding carboxylic acids is 1. The SMILES string of the molecule is CC(C)(C)NC(=O)Cn1c(-c2ccc(F)c(F)c2)nc2ccc(N3CCCN(C(C)(C)C)CC3)cc2c1=O. The monoisotopic (exact) mass is 525 g/mol. The van der Waals surface area contributed by atoms with E-state index in [2.05, 4.69) is 40.9 Å². The zero-order chi connectivity index (χ0) is 27.8. The van der Waals surface area contributed by atoms with Crippen LogP contribution in [0.5, 0.6) is 0 Å². The minimum absolute atomic E-state index is 0.0842. The first-order valence-corrected chi connectivity index (χ1v) is 13.0. The van der Waals surface area contributed by atoms with E-state index in [4.69, 9.17) is 0 Å². The number of hydrogen-bond acceptors (Lipinski definition) is 5. The molecular weight excluding hydrogens is 488 g/mol. The first kappa shape index (κ1) is 27.7. The van der Waals surface area contributed by atoms with Gasteiger partial charge in [0.1, 0.15) is 12.4 Å². The fourth-order valence-electron chi connectivity index (χ4n) is 4.86. The van der Waals surface area contributed by atoms with Gasteiger partial charge in [-0.2, -0.15) is 0 Å². The first-order valence-electron chi connectivity index (χ1n) is 13.0. The topological polar surface area (TPSA) is 70.5 Å². The minimum atomic E-state index is -1.05. The van der Waals surface area contributed by atoms with Gasteiger partial charge >= 0.3 is 0 Å². The summed E-state index contributed by atoms with van der Waals surface area (Å²) < 4.78 is 29.0. The number of fused-ring (bicyclic) bond motifs is 1. The number of aromatic nitrogens is 2. The fraction of sp³-hybridized carbons (Fsp3) is 0.483. The Kier molecular flexibility index (Phi) is 7.61. The lowest BCUT2D eigenvalue weighted by atomic mass is 10.1. The van der Waals surface area contributed by atoms with Crippen molar-refractivity contribution >= 4 is 22.5 Å². The van der Waals surface area contributed by atoms with Crippen LogP contribution < -0.4 is 15.8 Å². The van der Waals surface area contributed by atoms with Crippen LogP contribution in [0.3, 0.4) is 0 Å². The Hall–Kier alpha value is -3.33. The van der Waals surface area contributed by atoms with Crippen LogP contribution in [0.25, 0.3) is 22.3 Å². The summed E-state index contributed by atoms with van der Waals surface area (Å²) in [5.41, 5.74) is 0.724. The third-order valence-corrected chi connectivity index (χ3v) is 6.74. The summed E-state index contributed by atoms with van der Waals surface area (Å²) in [6, 6.07) is 8.88. The molecule has 1 aromatic heterocycles. The molecule has 0 bridgehead atoms. The first-order chi connectivity index (χ1) is 17.7. The quantitative estimate of drug-likeness (QED) is 0.541. The highest BCUT2D eigenvalue weighted by Crippen LogP contribution is 2.26. The molecule has 1 aliphatic rings. The van der Waals surface area contributed by atoms with Crippen molar-refractivity contribution in [2.75, 3.05) is 31.1 Å². The lowest BCUT2D eigenvalue weighted by molar-refractivity contribution is -0.123. The van der Waals surface area contributed by atoms with E-state index in [-0.39, 0.29) is 29.4 Å². The zero-order valence-corrected chi connectivity index (χ0v) is 23.1. The lowest BCUT2D eigenvalue weighted by Crippen LogP contribution is -2.43. The van der Waals surface area contributed by atoms with Crippen LogP contribution in [0.15, 0.2) is 41.2 Å². The van der Waals surface area contributed by atoms with Crippen LogP contribution in [-0.4, -0.2) is 57.6 Å². The van der Waals surface area contributed by atoms with Gasteiger partial charge < -0.3 is 10.2 Å². The van der Waals surface area contributed by atoms with Gasteiger partial charge in [0, 0.05) is 48.5 Å². The number of carbonyl (C=O) groups is 1. The van der Waals surface area contributed by atoms with Gasteiger partial charge in [0.15, 0.2) is 11.6 Å². The third kappa shape index (κ3) is 6.20. The normalized spacial score (nSPS) is 15.5. The molecule has 1 fully saturated rings. The van der Waals surface area contributed by atoms with Crippen LogP contribution in [0, 0.1) is 11.6 Å². The Bertz CT molecular complexity index is 1410. The number of hydrogen-bond donors (Lipinski definition) is 1. The molecule has 2 heterocycles. The molecule has 0 saturated carbocycles. The summed E-state index contributed by atoms with van der Waals surface area (Å²) in [5.74, 6) is -2.33. The molecule has 1 saturated heterocycles. The van der Waals surface area contributed by atoms with E-state index in [1.54, 1.807) is 6.07 Å². The molecule has 1 aliphatic heterocycles. The van der Waals surface area contributed by atoms with Crippen LogP contribution in [0.2, 0.25) is 0 Å².